The minimum atomic E-state index is -1.76. The number of ether oxygens (including phenoxy) is 2. The first kappa shape index (κ1) is 27.6. The van der Waals surface area contributed by atoms with Crippen LogP contribution in [0.15, 0.2) is 0 Å². The van der Waals surface area contributed by atoms with Gasteiger partial charge in [0.25, 0.3) is 0 Å². The van der Waals surface area contributed by atoms with Crippen molar-refractivity contribution in [1.82, 2.24) is 0 Å². The van der Waals surface area contributed by atoms with E-state index in [1.165, 1.54) is 58.8 Å². The van der Waals surface area contributed by atoms with E-state index in [4.69, 9.17) is 9.47 Å². The fraction of sp³-hybridized carbons (Fsp3) is 0.903. The zero-order valence-electron chi connectivity index (χ0n) is 23.9. The quantitative estimate of drug-likeness (QED) is 0.274. The van der Waals surface area contributed by atoms with Crippen molar-refractivity contribution in [2.45, 2.75) is 125 Å². The Hall–Kier alpha value is -1.39. The van der Waals surface area contributed by atoms with Crippen LogP contribution in [0, 0.1) is 52.3 Å². The van der Waals surface area contributed by atoms with Gasteiger partial charge in [0.15, 0.2) is 0 Å². The second-order valence-electron chi connectivity index (χ2n) is 13.9. The molecule has 0 heterocycles. The molecule has 8 atom stereocenters. The van der Waals surface area contributed by atoms with E-state index in [9.17, 15) is 14.4 Å². The summed E-state index contributed by atoms with van der Waals surface area (Å²) in [5, 5.41) is 0. The van der Waals surface area contributed by atoms with E-state index in [-0.39, 0.29) is 17.1 Å². The summed E-state index contributed by atoms with van der Waals surface area (Å²) < 4.78 is 11.1. The Kier molecular flexibility index (Phi) is 7.72. The van der Waals surface area contributed by atoms with E-state index in [0.717, 1.165) is 36.5 Å². The molecule has 5 heteroatoms. The number of rotatable bonds is 7. The predicted octanol–water partition coefficient (Wildman–Crippen LogP) is 7.11. The minimum Gasteiger partial charge on any atom is -0.415 e. The Morgan fingerprint density at radius 1 is 0.889 bits per heavy atom. The van der Waals surface area contributed by atoms with Crippen molar-refractivity contribution >= 4 is 17.7 Å². The molecule has 0 radical (unpaired) electrons. The van der Waals surface area contributed by atoms with E-state index < -0.39 is 17.7 Å². The van der Waals surface area contributed by atoms with Crippen molar-refractivity contribution in [3.8, 4) is 0 Å². The number of carbonyl (C=O) groups excluding carboxylic acids is 3. The number of Topliss-reactive ketones (excluding diaryl/α,β-unsaturated/α-hetero) is 1. The molecular formula is C31H50O5. The number of hydrogen-bond donors (Lipinski definition) is 0. The van der Waals surface area contributed by atoms with E-state index in [1.54, 1.807) is 0 Å². The maximum atomic E-state index is 13.3. The Labute approximate surface area is 218 Å². The van der Waals surface area contributed by atoms with E-state index in [1.807, 2.05) is 0 Å². The van der Waals surface area contributed by atoms with Gasteiger partial charge in [-0.05, 0) is 90.8 Å². The van der Waals surface area contributed by atoms with E-state index >= 15 is 0 Å². The Bertz CT molecular complexity index is 847. The normalized spacial score (nSPS) is 40.1. The third-order valence-corrected chi connectivity index (χ3v) is 11.4. The van der Waals surface area contributed by atoms with Gasteiger partial charge in [-0.2, -0.15) is 0 Å². The summed E-state index contributed by atoms with van der Waals surface area (Å²) in [5.74, 6) is 1.32. The number of hydrogen-bond acceptors (Lipinski definition) is 5. The fourth-order valence-corrected chi connectivity index (χ4v) is 9.82. The molecule has 4 aliphatic carbocycles. The van der Waals surface area contributed by atoms with Gasteiger partial charge in [-0.3, -0.25) is 14.4 Å². The minimum absolute atomic E-state index is 0.177. The highest BCUT2D eigenvalue weighted by Gasteiger charge is 2.65. The molecule has 1 unspecified atom stereocenters. The molecule has 4 rings (SSSR count). The molecule has 36 heavy (non-hydrogen) atoms. The van der Waals surface area contributed by atoms with Crippen molar-refractivity contribution in [2.24, 2.45) is 52.3 Å². The average Bonchev–Trinajstić information content (AvgIpc) is 3.11. The molecule has 0 aromatic heterocycles. The number of carbonyl (C=O) groups is 3. The highest BCUT2D eigenvalue weighted by Crippen LogP contribution is 2.69. The summed E-state index contributed by atoms with van der Waals surface area (Å²) in [6, 6.07) is 0. The van der Waals surface area contributed by atoms with Crippen LogP contribution in [0.3, 0.4) is 0 Å². The predicted molar refractivity (Wildman–Crippen MR) is 140 cm³/mol. The fourth-order valence-electron chi connectivity index (χ4n) is 9.82. The largest absolute Gasteiger partial charge is 0.415 e. The lowest BCUT2D eigenvalue weighted by Crippen LogP contribution is -2.61. The lowest BCUT2D eigenvalue weighted by Gasteiger charge is -2.62. The molecule has 0 spiro atoms. The topological polar surface area (TPSA) is 69.7 Å². The van der Waals surface area contributed by atoms with Gasteiger partial charge in [0, 0.05) is 26.7 Å². The monoisotopic (exact) mass is 502 g/mol. The number of ketones is 1. The second-order valence-corrected chi connectivity index (χ2v) is 13.9. The summed E-state index contributed by atoms with van der Waals surface area (Å²) in [7, 11) is 0. The molecule has 0 aromatic rings. The summed E-state index contributed by atoms with van der Waals surface area (Å²) in [5.41, 5.74) is 0.221. The van der Waals surface area contributed by atoms with Gasteiger partial charge in [0.1, 0.15) is 0 Å². The third kappa shape index (κ3) is 4.77. The number of fused-ring (bicyclic) bond motifs is 5. The average molecular weight is 503 g/mol. The first-order valence-corrected chi connectivity index (χ1v) is 14.7. The van der Waals surface area contributed by atoms with Gasteiger partial charge in [-0.1, -0.05) is 53.9 Å². The van der Waals surface area contributed by atoms with Crippen molar-refractivity contribution in [2.75, 3.05) is 0 Å². The first-order valence-electron chi connectivity index (χ1n) is 14.7. The molecule has 4 aliphatic rings. The summed E-state index contributed by atoms with van der Waals surface area (Å²) in [6.07, 6.45) is 11.9. The summed E-state index contributed by atoms with van der Waals surface area (Å²) in [4.78, 5) is 37.3. The maximum Gasteiger partial charge on any atom is 0.316 e. The van der Waals surface area contributed by atoms with Gasteiger partial charge >= 0.3 is 17.7 Å². The Balaban J connectivity index is 1.56. The molecule has 0 aromatic carbocycles. The van der Waals surface area contributed by atoms with Gasteiger partial charge in [0.2, 0.25) is 5.78 Å². The SMILES string of the molecule is CC(=O)OC1(OC(C)=O)C[C@@]2(C)C(CC[C@H]3[C@@H]4CC[C@H]([C@H](C)CCCC(C)C)[C@@]4(C)CC[C@@H]32)CC1=O. The van der Waals surface area contributed by atoms with Crippen LogP contribution < -0.4 is 0 Å². The molecule has 204 valence electrons. The number of esters is 2. The van der Waals surface area contributed by atoms with E-state index in [0.29, 0.717) is 30.1 Å². The van der Waals surface area contributed by atoms with Crippen LogP contribution in [0.5, 0.6) is 0 Å². The zero-order valence-corrected chi connectivity index (χ0v) is 23.9. The van der Waals surface area contributed by atoms with E-state index in [2.05, 4.69) is 34.6 Å². The van der Waals surface area contributed by atoms with Crippen LogP contribution in [0.1, 0.15) is 119 Å². The lowest BCUT2D eigenvalue weighted by atomic mass is 9.44. The highest BCUT2D eigenvalue weighted by molar-refractivity contribution is 5.91. The summed E-state index contributed by atoms with van der Waals surface area (Å²) >= 11 is 0. The van der Waals surface area contributed by atoms with Gasteiger partial charge < -0.3 is 9.47 Å². The van der Waals surface area contributed by atoms with Crippen LogP contribution >= 0.6 is 0 Å². The molecule has 0 amide bonds. The second kappa shape index (κ2) is 10.1. The molecule has 0 aliphatic heterocycles. The zero-order chi connectivity index (χ0) is 26.5. The molecule has 5 nitrogen and oxygen atoms in total. The lowest BCUT2D eigenvalue weighted by molar-refractivity contribution is -0.252. The van der Waals surface area contributed by atoms with Gasteiger partial charge in [-0.25, -0.2) is 0 Å². The molecule has 4 fully saturated rings. The molecule has 0 N–H and O–H groups in total. The Morgan fingerprint density at radius 2 is 1.53 bits per heavy atom. The maximum absolute atomic E-state index is 13.3. The van der Waals surface area contributed by atoms with Crippen molar-refractivity contribution < 1.29 is 23.9 Å². The first-order chi connectivity index (χ1) is 16.8. The summed E-state index contributed by atoms with van der Waals surface area (Å²) in [6.45, 7) is 14.6. The van der Waals surface area contributed by atoms with Crippen molar-refractivity contribution in [3.05, 3.63) is 0 Å². The van der Waals surface area contributed by atoms with Gasteiger partial charge in [-0.15, -0.1) is 0 Å². The van der Waals surface area contributed by atoms with Crippen molar-refractivity contribution in [3.63, 3.8) is 0 Å². The van der Waals surface area contributed by atoms with Crippen LogP contribution in [0.2, 0.25) is 0 Å². The van der Waals surface area contributed by atoms with Crippen molar-refractivity contribution in [1.29, 1.82) is 0 Å². The smallest absolute Gasteiger partial charge is 0.316 e. The standard InChI is InChI=1S/C31H50O5/c1-19(2)9-8-10-20(3)25-13-14-26-24-12-11-23-17-28(34)31(35-21(4)32,36-22(5)33)18-30(23,7)27(24)15-16-29(25,26)6/h19-20,23-27H,8-18H2,1-7H3/t20-,23?,24+,25-,26+,27+,29-,30+/m1/s1. The Morgan fingerprint density at radius 3 is 2.14 bits per heavy atom. The molecule has 0 saturated heterocycles. The van der Waals surface area contributed by atoms with Crippen LogP contribution in [-0.2, 0) is 23.9 Å². The van der Waals surface area contributed by atoms with Crippen LogP contribution in [0.25, 0.3) is 0 Å². The molecule has 4 saturated carbocycles. The van der Waals surface area contributed by atoms with Crippen LogP contribution in [-0.4, -0.2) is 23.5 Å². The third-order valence-electron chi connectivity index (χ3n) is 11.4. The molecule has 0 bridgehead atoms. The molecular weight excluding hydrogens is 452 g/mol. The van der Waals surface area contributed by atoms with Crippen LogP contribution in [0.4, 0.5) is 0 Å². The van der Waals surface area contributed by atoms with Gasteiger partial charge in [0.05, 0.1) is 0 Å². The highest BCUT2D eigenvalue weighted by atomic mass is 16.7.